The summed E-state index contributed by atoms with van der Waals surface area (Å²) < 4.78 is 28.7. The first-order valence-corrected chi connectivity index (χ1v) is 11.3. The van der Waals surface area contributed by atoms with Crippen LogP contribution in [0.3, 0.4) is 0 Å². The Morgan fingerprint density at radius 1 is 0.828 bits per heavy atom. The minimum absolute atomic E-state index is 0.236. The zero-order valence-corrected chi connectivity index (χ0v) is 18.3. The standard InChI is InChI=1S/C24H26N2O2S/c1-15(2)26(29(27,28)19-13-9-16(3)10-14-19)21-8-6-7-20-22-17(4)11-12-18(5)23(22)25-24(20)21/h6-15,25H,1-5H3. The fourth-order valence-electron chi connectivity index (χ4n) is 4.02. The van der Waals surface area contributed by atoms with E-state index in [9.17, 15) is 8.42 Å². The minimum atomic E-state index is -3.71. The van der Waals surface area contributed by atoms with E-state index in [2.05, 4.69) is 37.0 Å². The van der Waals surface area contributed by atoms with Crippen LogP contribution in [0.15, 0.2) is 59.5 Å². The minimum Gasteiger partial charge on any atom is -0.353 e. The molecular weight excluding hydrogens is 380 g/mol. The maximum absolute atomic E-state index is 13.6. The largest absolute Gasteiger partial charge is 0.353 e. The quantitative estimate of drug-likeness (QED) is 0.462. The first-order valence-electron chi connectivity index (χ1n) is 9.83. The Balaban J connectivity index is 2.01. The van der Waals surface area contributed by atoms with Crippen molar-refractivity contribution < 1.29 is 8.42 Å². The van der Waals surface area contributed by atoms with Crippen molar-refractivity contribution in [2.24, 2.45) is 0 Å². The third kappa shape index (κ3) is 3.10. The van der Waals surface area contributed by atoms with Gasteiger partial charge in [-0.05, 0) is 63.9 Å². The number of aryl methyl sites for hydroxylation is 3. The number of nitrogens with zero attached hydrogens (tertiary/aromatic N) is 1. The Bertz CT molecular complexity index is 1320. The number of aromatic nitrogens is 1. The van der Waals surface area contributed by atoms with Gasteiger partial charge in [-0.3, -0.25) is 4.31 Å². The van der Waals surface area contributed by atoms with Gasteiger partial charge in [0.25, 0.3) is 10.0 Å². The predicted molar refractivity (Wildman–Crippen MR) is 121 cm³/mol. The number of aromatic amines is 1. The van der Waals surface area contributed by atoms with E-state index in [1.165, 1.54) is 9.87 Å². The van der Waals surface area contributed by atoms with Gasteiger partial charge in [0.2, 0.25) is 0 Å². The van der Waals surface area contributed by atoms with E-state index in [0.29, 0.717) is 10.6 Å². The molecule has 0 radical (unpaired) electrons. The Labute approximate surface area is 172 Å². The molecule has 5 heteroatoms. The van der Waals surface area contributed by atoms with Crippen molar-refractivity contribution >= 4 is 37.5 Å². The Hall–Kier alpha value is -2.79. The molecule has 29 heavy (non-hydrogen) atoms. The smallest absolute Gasteiger partial charge is 0.264 e. The molecule has 4 aromatic rings. The summed E-state index contributed by atoms with van der Waals surface area (Å²) in [7, 11) is -3.71. The first kappa shape index (κ1) is 19.5. The van der Waals surface area contributed by atoms with Crippen molar-refractivity contribution in [3.8, 4) is 0 Å². The lowest BCUT2D eigenvalue weighted by molar-refractivity contribution is 0.584. The molecule has 0 saturated carbocycles. The van der Waals surface area contributed by atoms with Crippen LogP contribution in [0.4, 0.5) is 5.69 Å². The maximum Gasteiger partial charge on any atom is 0.264 e. The zero-order valence-electron chi connectivity index (χ0n) is 17.4. The molecule has 1 N–H and O–H groups in total. The van der Waals surface area contributed by atoms with E-state index in [1.807, 2.05) is 45.0 Å². The van der Waals surface area contributed by atoms with Crippen LogP contribution in [-0.4, -0.2) is 19.4 Å². The second-order valence-electron chi connectivity index (χ2n) is 7.98. The van der Waals surface area contributed by atoms with E-state index < -0.39 is 10.0 Å². The molecule has 150 valence electrons. The van der Waals surface area contributed by atoms with Gasteiger partial charge in [-0.25, -0.2) is 8.42 Å². The molecule has 0 spiro atoms. The van der Waals surface area contributed by atoms with Crippen LogP contribution in [-0.2, 0) is 10.0 Å². The van der Waals surface area contributed by atoms with E-state index in [1.54, 1.807) is 12.1 Å². The summed E-state index contributed by atoms with van der Waals surface area (Å²) in [5, 5.41) is 2.20. The third-order valence-corrected chi connectivity index (χ3v) is 7.47. The molecule has 0 aliphatic heterocycles. The topological polar surface area (TPSA) is 53.2 Å². The molecule has 4 rings (SSSR count). The van der Waals surface area contributed by atoms with Crippen molar-refractivity contribution in [3.63, 3.8) is 0 Å². The molecule has 0 bridgehead atoms. The summed E-state index contributed by atoms with van der Waals surface area (Å²) in [6.07, 6.45) is 0. The Morgan fingerprint density at radius 3 is 2.14 bits per heavy atom. The lowest BCUT2D eigenvalue weighted by Gasteiger charge is -2.28. The molecule has 0 aliphatic rings. The van der Waals surface area contributed by atoms with Gasteiger partial charge in [-0.15, -0.1) is 0 Å². The van der Waals surface area contributed by atoms with Gasteiger partial charge in [-0.2, -0.15) is 0 Å². The fraction of sp³-hybridized carbons (Fsp3) is 0.250. The Kier molecular flexibility index (Phi) is 4.66. The lowest BCUT2D eigenvalue weighted by Crippen LogP contribution is -2.37. The average molecular weight is 407 g/mol. The molecule has 3 aromatic carbocycles. The van der Waals surface area contributed by atoms with Crippen LogP contribution in [0, 0.1) is 20.8 Å². The fourth-order valence-corrected chi connectivity index (χ4v) is 5.69. The monoisotopic (exact) mass is 406 g/mol. The molecule has 0 aliphatic carbocycles. The summed E-state index contributed by atoms with van der Waals surface area (Å²) in [4.78, 5) is 3.82. The van der Waals surface area contributed by atoms with Gasteiger partial charge in [0.15, 0.2) is 0 Å². The highest BCUT2D eigenvalue weighted by Crippen LogP contribution is 2.37. The number of nitrogens with one attached hydrogen (secondary N) is 1. The summed E-state index contributed by atoms with van der Waals surface area (Å²) in [5.41, 5.74) is 5.93. The summed E-state index contributed by atoms with van der Waals surface area (Å²) >= 11 is 0. The number of para-hydroxylation sites is 1. The predicted octanol–water partition coefficient (Wildman–Crippen LogP) is 5.85. The third-order valence-electron chi connectivity index (χ3n) is 5.47. The first-order chi connectivity index (χ1) is 13.7. The summed E-state index contributed by atoms with van der Waals surface area (Å²) in [6, 6.07) is 16.9. The summed E-state index contributed by atoms with van der Waals surface area (Å²) in [5.74, 6) is 0. The zero-order chi connectivity index (χ0) is 20.9. The number of H-pyrrole nitrogens is 1. The number of anilines is 1. The van der Waals surface area contributed by atoms with Gasteiger partial charge < -0.3 is 4.98 Å². The van der Waals surface area contributed by atoms with Crippen molar-refractivity contribution in [2.45, 2.75) is 45.6 Å². The molecule has 0 unspecified atom stereocenters. The highest BCUT2D eigenvalue weighted by atomic mass is 32.2. The Morgan fingerprint density at radius 2 is 1.48 bits per heavy atom. The molecule has 0 atom stereocenters. The highest BCUT2D eigenvalue weighted by molar-refractivity contribution is 7.92. The summed E-state index contributed by atoms with van der Waals surface area (Å²) in [6.45, 7) is 9.92. The van der Waals surface area contributed by atoms with Crippen molar-refractivity contribution in [1.29, 1.82) is 0 Å². The van der Waals surface area contributed by atoms with E-state index in [0.717, 1.165) is 32.9 Å². The second-order valence-corrected chi connectivity index (χ2v) is 9.80. The number of hydrogen-bond donors (Lipinski definition) is 1. The van der Waals surface area contributed by atoms with Crippen LogP contribution in [0.5, 0.6) is 0 Å². The van der Waals surface area contributed by atoms with Crippen molar-refractivity contribution in [3.05, 3.63) is 71.3 Å². The SMILES string of the molecule is Cc1ccc(S(=O)(=O)N(c2cccc3c2[nH]c2c(C)ccc(C)c23)C(C)C)cc1. The number of sulfonamides is 1. The molecule has 4 nitrogen and oxygen atoms in total. The molecule has 1 aromatic heterocycles. The van der Waals surface area contributed by atoms with E-state index in [4.69, 9.17) is 0 Å². The lowest BCUT2D eigenvalue weighted by atomic mass is 10.0. The molecular formula is C24H26N2O2S. The number of fused-ring (bicyclic) bond motifs is 3. The molecule has 0 saturated heterocycles. The molecule has 1 heterocycles. The second kappa shape index (κ2) is 6.92. The maximum atomic E-state index is 13.6. The van der Waals surface area contributed by atoms with Crippen LogP contribution in [0.25, 0.3) is 21.8 Å². The highest BCUT2D eigenvalue weighted by Gasteiger charge is 2.29. The van der Waals surface area contributed by atoms with Gasteiger partial charge >= 0.3 is 0 Å². The van der Waals surface area contributed by atoms with Crippen LogP contribution >= 0.6 is 0 Å². The number of rotatable bonds is 4. The molecule has 0 fully saturated rings. The number of hydrogen-bond acceptors (Lipinski definition) is 2. The van der Waals surface area contributed by atoms with Gasteiger partial charge in [0.05, 0.1) is 16.1 Å². The average Bonchev–Trinajstić information content (AvgIpc) is 3.07. The van der Waals surface area contributed by atoms with Gasteiger partial charge in [0.1, 0.15) is 0 Å². The molecule has 0 amide bonds. The normalized spacial score (nSPS) is 12.2. The van der Waals surface area contributed by atoms with E-state index in [-0.39, 0.29) is 6.04 Å². The van der Waals surface area contributed by atoms with Crippen LogP contribution in [0.1, 0.15) is 30.5 Å². The van der Waals surface area contributed by atoms with Crippen molar-refractivity contribution in [2.75, 3.05) is 4.31 Å². The van der Waals surface area contributed by atoms with Gasteiger partial charge in [-0.1, -0.05) is 42.0 Å². The van der Waals surface area contributed by atoms with Crippen molar-refractivity contribution in [1.82, 2.24) is 4.98 Å². The van der Waals surface area contributed by atoms with Gasteiger partial charge in [0, 0.05) is 22.3 Å². The number of benzene rings is 3. The van der Waals surface area contributed by atoms with Crippen LogP contribution < -0.4 is 4.31 Å². The van der Waals surface area contributed by atoms with E-state index >= 15 is 0 Å². The van der Waals surface area contributed by atoms with Crippen LogP contribution in [0.2, 0.25) is 0 Å².